The molecule has 0 aliphatic heterocycles. The molecular weight excluding hydrogens is 503 g/mol. The zero-order valence-corrected chi connectivity index (χ0v) is 22.2. The van der Waals surface area contributed by atoms with Crippen LogP contribution >= 0.6 is 0 Å². The number of hydrogen-bond donors (Lipinski definition) is 1. The van der Waals surface area contributed by atoms with Crippen molar-refractivity contribution in [2.45, 2.75) is 44.6 Å². The van der Waals surface area contributed by atoms with E-state index in [2.05, 4.69) is 10.9 Å². The van der Waals surface area contributed by atoms with Gasteiger partial charge >= 0.3 is 10.2 Å². The zero-order chi connectivity index (χ0) is 27.2. The molecule has 5 aromatic rings. The Kier molecular flexibility index (Phi) is 6.49. The van der Waals surface area contributed by atoms with E-state index in [0.29, 0.717) is 51.0 Å². The highest BCUT2D eigenvalue weighted by Gasteiger charge is 2.21. The van der Waals surface area contributed by atoms with E-state index in [1.54, 1.807) is 12.1 Å². The lowest BCUT2D eigenvalue weighted by molar-refractivity contribution is 0.311. The molecule has 0 bridgehead atoms. The summed E-state index contributed by atoms with van der Waals surface area (Å²) >= 11 is 0. The van der Waals surface area contributed by atoms with Crippen molar-refractivity contribution in [3.63, 3.8) is 0 Å². The van der Waals surface area contributed by atoms with Crippen molar-refractivity contribution >= 4 is 43.1 Å². The van der Waals surface area contributed by atoms with Crippen LogP contribution < -0.4 is 10.2 Å². The Morgan fingerprint density at radius 3 is 2.58 bits per heavy atom. The van der Waals surface area contributed by atoms with Crippen LogP contribution in [0.1, 0.15) is 45.2 Å². The molecule has 38 heavy (non-hydrogen) atoms. The highest BCUT2D eigenvalue weighted by molar-refractivity contribution is 7.86. The molecule has 0 radical (unpaired) electrons. The number of nitrogens with one attached hydrogen (secondary N) is 1. The topological polar surface area (TPSA) is 81.2 Å². The fourth-order valence-electron chi connectivity index (χ4n) is 4.91. The molecule has 0 saturated heterocycles. The van der Waals surface area contributed by atoms with Crippen molar-refractivity contribution in [1.82, 2.24) is 9.55 Å². The van der Waals surface area contributed by atoms with Crippen LogP contribution in [0.4, 0.5) is 3.89 Å². The van der Waals surface area contributed by atoms with E-state index in [9.17, 15) is 17.1 Å². The third-order valence-electron chi connectivity index (χ3n) is 6.71. The molecule has 0 unspecified atom stereocenters. The number of terminal acetylenes is 1. The van der Waals surface area contributed by atoms with Gasteiger partial charge in [-0.15, -0.1) is 10.3 Å². The second-order valence-corrected chi connectivity index (χ2v) is 10.9. The molecule has 0 fully saturated rings. The van der Waals surface area contributed by atoms with Crippen LogP contribution in [0.15, 0.2) is 64.3 Å². The lowest BCUT2D eigenvalue weighted by Crippen LogP contribution is -2.13. The van der Waals surface area contributed by atoms with Gasteiger partial charge in [-0.2, -0.15) is 8.42 Å². The molecule has 194 valence electrons. The first-order valence-electron chi connectivity index (χ1n) is 12.5. The number of rotatable bonds is 7. The first-order chi connectivity index (χ1) is 18.1. The van der Waals surface area contributed by atoms with Crippen LogP contribution in [0.3, 0.4) is 0 Å². The fourth-order valence-corrected chi connectivity index (χ4v) is 5.42. The van der Waals surface area contributed by atoms with Crippen LogP contribution in [0.25, 0.3) is 44.0 Å². The number of unbranched alkanes of at least 4 members (excludes halogenated alkanes) is 1. The molecule has 6 nitrogen and oxygen atoms in total. The third kappa shape index (κ3) is 4.33. The molecule has 3 aromatic carbocycles. The number of fused-ring (bicyclic) bond motifs is 4. The number of nitrogens with zero attached hydrogens (tertiary/aromatic N) is 1. The number of aromatic nitrogens is 2. The van der Waals surface area contributed by atoms with E-state index in [4.69, 9.17) is 11.2 Å². The monoisotopic (exact) mass is 530 g/mol. The fraction of sp³-hybridized carbons (Fsp3) is 0.233. The van der Waals surface area contributed by atoms with Crippen molar-refractivity contribution in [2.75, 3.05) is 6.61 Å². The Morgan fingerprint density at radius 2 is 1.89 bits per heavy atom. The number of benzene rings is 3. The average Bonchev–Trinajstić information content (AvgIpc) is 3.26. The van der Waals surface area contributed by atoms with Crippen LogP contribution in [0, 0.1) is 12.3 Å². The predicted octanol–water partition coefficient (Wildman–Crippen LogP) is 6.70. The van der Waals surface area contributed by atoms with E-state index in [-0.39, 0.29) is 11.5 Å². The number of pyridine rings is 1. The molecule has 0 atom stereocenters. The highest BCUT2D eigenvalue weighted by Crippen LogP contribution is 2.37. The molecule has 0 spiro atoms. The van der Waals surface area contributed by atoms with Gasteiger partial charge in [-0.25, -0.2) is 0 Å². The molecule has 5 rings (SSSR count). The van der Waals surface area contributed by atoms with Gasteiger partial charge in [0.05, 0.1) is 27.8 Å². The maximum Gasteiger partial charge on any atom is 0.332 e. The standard InChI is InChI=1S/C30H27FN2O4S/c1-5-7-13-37-27-17-24-26(16-23(27)20-9-8-10-21(15-20)38(31,35)36)33(18(3)4)30-28(29(24)34)22-12-11-19(6-2)14-25(22)32-30/h2,8-12,14-18,32H,5,7,13H2,1,3-4H3. The smallest absolute Gasteiger partial charge is 0.332 e. The number of hydrogen-bond acceptors (Lipinski definition) is 4. The molecule has 0 saturated carbocycles. The molecule has 1 N–H and O–H groups in total. The molecular formula is C30H27FN2O4S. The lowest BCUT2D eigenvalue weighted by atomic mass is 10.0. The van der Waals surface area contributed by atoms with Crippen molar-refractivity contribution in [1.29, 1.82) is 0 Å². The number of ether oxygens (including phenoxy) is 1. The van der Waals surface area contributed by atoms with Gasteiger partial charge in [0.15, 0.2) is 5.43 Å². The van der Waals surface area contributed by atoms with Crippen molar-refractivity contribution in [3.8, 4) is 29.2 Å². The second kappa shape index (κ2) is 9.66. The summed E-state index contributed by atoms with van der Waals surface area (Å²) in [5.41, 5.74) is 3.65. The summed E-state index contributed by atoms with van der Waals surface area (Å²) in [6.45, 7) is 6.49. The number of aromatic amines is 1. The largest absolute Gasteiger partial charge is 0.493 e. The summed E-state index contributed by atoms with van der Waals surface area (Å²) in [5.74, 6) is 3.06. The number of H-pyrrole nitrogens is 1. The summed E-state index contributed by atoms with van der Waals surface area (Å²) in [6.07, 6.45) is 7.30. The minimum atomic E-state index is -4.90. The Balaban J connectivity index is 1.89. The van der Waals surface area contributed by atoms with Crippen LogP contribution in [-0.2, 0) is 10.2 Å². The zero-order valence-electron chi connectivity index (χ0n) is 21.3. The van der Waals surface area contributed by atoms with E-state index in [1.807, 2.05) is 49.6 Å². The molecule has 0 aliphatic rings. The first-order valence-corrected chi connectivity index (χ1v) is 13.8. The van der Waals surface area contributed by atoms with Crippen LogP contribution in [-0.4, -0.2) is 24.6 Å². The van der Waals surface area contributed by atoms with Gasteiger partial charge in [-0.3, -0.25) is 4.79 Å². The lowest BCUT2D eigenvalue weighted by Gasteiger charge is -2.20. The maximum atomic E-state index is 13.9. The third-order valence-corrected chi connectivity index (χ3v) is 7.53. The van der Waals surface area contributed by atoms with Crippen molar-refractivity contribution in [3.05, 3.63) is 70.4 Å². The Hall–Kier alpha value is -4.09. The summed E-state index contributed by atoms with van der Waals surface area (Å²) in [4.78, 5) is 16.9. The summed E-state index contributed by atoms with van der Waals surface area (Å²) in [6, 6.07) is 14.7. The van der Waals surface area contributed by atoms with Gasteiger partial charge in [0.1, 0.15) is 11.4 Å². The van der Waals surface area contributed by atoms with E-state index in [1.165, 1.54) is 18.2 Å². The summed E-state index contributed by atoms with van der Waals surface area (Å²) < 4.78 is 45.3. The molecule has 0 aliphatic carbocycles. The molecule has 2 aromatic heterocycles. The minimum Gasteiger partial charge on any atom is -0.493 e. The Labute approximate surface area is 220 Å². The summed E-state index contributed by atoms with van der Waals surface area (Å²) in [7, 11) is -4.90. The van der Waals surface area contributed by atoms with Crippen LogP contribution in [0.5, 0.6) is 5.75 Å². The molecule has 8 heteroatoms. The molecule has 0 amide bonds. The van der Waals surface area contributed by atoms with E-state index in [0.717, 1.165) is 23.7 Å². The predicted molar refractivity (Wildman–Crippen MR) is 150 cm³/mol. The van der Waals surface area contributed by atoms with Gasteiger partial charge in [0.25, 0.3) is 0 Å². The summed E-state index contributed by atoms with van der Waals surface area (Å²) in [5, 5.41) is 1.80. The quantitative estimate of drug-likeness (QED) is 0.144. The Morgan fingerprint density at radius 1 is 1.11 bits per heavy atom. The van der Waals surface area contributed by atoms with Gasteiger partial charge in [0, 0.05) is 28.1 Å². The number of halogens is 1. The average molecular weight is 531 g/mol. The first kappa shape index (κ1) is 25.6. The minimum absolute atomic E-state index is 0.0435. The van der Waals surface area contributed by atoms with Gasteiger partial charge in [0.2, 0.25) is 0 Å². The normalized spacial score (nSPS) is 12.0. The van der Waals surface area contributed by atoms with Crippen molar-refractivity contribution in [2.24, 2.45) is 0 Å². The Bertz CT molecular complexity index is 1930. The maximum absolute atomic E-state index is 13.9. The van der Waals surface area contributed by atoms with Crippen molar-refractivity contribution < 1.29 is 17.0 Å². The van der Waals surface area contributed by atoms with Gasteiger partial charge < -0.3 is 14.3 Å². The van der Waals surface area contributed by atoms with Gasteiger partial charge in [-0.05, 0) is 62.2 Å². The highest BCUT2D eigenvalue weighted by atomic mass is 32.3. The van der Waals surface area contributed by atoms with E-state index < -0.39 is 15.1 Å². The second-order valence-electron chi connectivity index (χ2n) is 9.58. The van der Waals surface area contributed by atoms with Gasteiger partial charge in [-0.1, -0.05) is 37.5 Å². The van der Waals surface area contributed by atoms with E-state index >= 15 is 0 Å². The van der Waals surface area contributed by atoms with Crippen LogP contribution in [0.2, 0.25) is 0 Å². The SMILES string of the molecule is C#Cc1ccc2c(c1)[nH]c1c2c(=O)c2cc(OCCCC)c(-c3cccc(S(=O)(=O)F)c3)cc2n1C(C)C. The molecule has 2 heterocycles.